The van der Waals surface area contributed by atoms with Crippen LogP contribution in [0.1, 0.15) is 20.3 Å². The molecule has 152 valence electrons. The van der Waals surface area contributed by atoms with E-state index >= 15 is 0 Å². The van der Waals surface area contributed by atoms with Gasteiger partial charge in [0.15, 0.2) is 12.7 Å². The van der Waals surface area contributed by atoms with Crippen LogP contribution in [0.25, 0.3) is 0 Å². The van der Waals surface area contributed by atoms with Crippen molar-refractivity contribution in [2.75, 3.05) is 6.61 Å². The van der Waals surface area contributed by atoms with Crippen molar-refractivity contribution in [1.82, 2.24) is 0 Å². The van der Waals surface area contributed by atoms with Gasteiger partial charge in [-0.05, 0) is 13.3 Å². The van der Waals surface area contributed by atoms with Crippen molar-refractivity contribution in [3.05, 3.63) is 12.2 Å². The maximum Gasteiger partial charge on any atom is 0.460 e. The second-order valence-corrected chi connectivity index (χ2v) is 5.06. The minimum Gasteiger partial charge on any atom is -0.454 e. The summed E-state index contributed by atoms with van der Waals surface area (Å²) in [5.74, 6) is -21.7. The van der Waals surface area contributed by atoms with Crippen LogP contribution in [0.2, 0.25) is 0 Å². The van der Waals surface area contributed by atoms with Gasteiger partial charge in [0, 0.05) is 5.57 Å². The predicted octanol–water partition coefficient (Wildman–Crippen LogP) is 3.90. The predicted molar refractivity (Wildman–Crippen MR) is 66.8 cm³/mol. The normalized spacial score (nSPS) is 14.6. The summed E-state index contributed by atoms with van der Waals surface area (Å²) in [6.07, 6.45) is -10.00. The zero-order chi connectivity index (χ0) is 21.1. The molecule has 1 unspecified atom stereocenters. The van der Waals surface area contributed by atoms with Crippen molar-refractivity contribution >= 4 is 11.9 Å². The Hall–Kier alpha value is -1.95. The van der Waals surface area contributed by atoms with E-state index in [0.29, 0.717) is 0 Å². The highest BCUT2D eigenvalue weighted by Gasteiger charge is 2.73. The molecule has 0 aliphatic rings. The van der Waals surface area contributed by atoms with Crippen molar-refractivity contribution in [3.63, 3.8) is 0 Å². The Morgan fingerprint density at radius 1 is 1.00 bits per heavy atom. The van der Waals surface area contributed by atoms with Crippen LogP contribution in [0.4, 0.5) is 39.5 Å². The van der Waals surface area contributed by atoms with Gasteiger partial charge in [0.25, 0.3) is 0 Å². The summed E-state index contributed by atoms with van der Waals surface area (Å²) in [6.45, 7) is 2.14. The molecule has 0 aliphatic carbocycles. The third kappa shape index (κ3) is 5.04. The lowest BCUT2D eigenvalue weighted by molar-refractivity contribution is -0.360. The molecule has 0 aromatic carbocycles. The van der Waals surface area contributed by atoms with E-state index in [0.717, 1.165) is 13.8 Å². The lowest BCUT2D eigenvalue weighted by atomic mass is 10.1. The molecule has 4 nitrogen and oxygen atoms in total. The molecule has 0 rings (SSSR count). The molecular formula is C13H13F9O4. The Morgan fingerprint density at radius 3 is 1.81 bits per heavy atom. The zero-order valence-electron chi connectivity index (χ0n) is 13.2. The molecule has 0 aliphatic heterocycles. The van der Waals surface area contributed by atoms with E-state index in [1.807, 2.05) is 0 Å². The monoisotopic (exact) mass is 404 g/mol. The average Bonchev–Trinajstić information content (AvgIpc) is 2.48. The summed E-state index contributed by atoms with van der Waals surface area (Å²) in [5.41, 5.74) is -0.357. The molecular weight excluding hydrogens is 391 g/mol. The average molecular weight is 404 g/mol. The number of carbonyl (C=O) groups excluding carboxylic acids is 2. The molecule has 1 atom stereocenters. The van der Waals surface area contributed by atoms with Crippen LogP contribution in [0, 0.1) is 0 Å². The van der Waals surface area contributed by atoms with Crippen molar-refractivity contribution < 1.29 is 58.6 Å². The first-order valence-electron chi connectivity index (χ1n) is 6.65. The quantitative estimate of drug-likeness (QED) is 0.350. The Kier molecular flexibility index (Phi) is 7.16. The van der Waals surface area contributed by atoms with E-state index < -0.39 is 55.0 Å². The van der Waals surface area contributed by atoms with Crippen LogP contribution in [-0.2, 0) is 19.1 Å². The maximum atomic E-state index is 13.8. The molecule has 0 heterocycles. The maximum absolute atomic E-state index is 13.8. The highest BCUT2D eigenvalue weighted by Crippen LogP contribution is 2.46. The minimum atomic E-state index is -6.71. The van der Waals surface area contributed by atoms with Gasteiger partial charge in [-0.15, -0.1) is 0 Å². The van der Waals surface area contributed by atoms with E-state index in [2.05, 4.69) is 16.1 Å². The van der Waals surface area contributed by atoms with Gasteiger partial charge in [-0.2, -0.15) is 39.5 Å². The Labute approximate surface area is 140 Å². The molecule has 0 spiro atoms. The summed E-state index contributed by atoms with van der Waals surface area (Å²) in [6, 6.07) is 0. The van der Waals surface area contributed by atoms with Crippen LogP contribution in [0.5, 0.6) is 0 Å². The first kappa shape index (κ1) is 24.1. The topological polar surface area (TPSA) is 52.6 Å². The van der Waals surface area contributed by atoms with Crippen molar-refractivity contribution in [2.24, 2.45) is 0 Å². The highest BCUT2D eigenvalue weighted by atomic mass is 19.4. The Bertz CT molecular complexity index is 554. The first-order chi connectivity index (χ1) is 11.4. The fraction of sp³-hybridized carbons (Fsp3) is 0.692. The van der Waals surface area contributed by atoms with Crippen molar-refractivity contribution in [2.45, 2.75) is 50.3 Å². The number of hydrogen-bond acceptors (Lipinski definition) is 4. The largest absolute Gasteiger partial charge is 0.460 e. The summed E-state index contributed by atoms with van der Waals surface area (Å²) < 4.78 is 122. The SMILES string of the molecule is C=C(C)C(=O)OC(CC)C(F)(F)C(=O)OCC(F)(F)C(F)(F)C(F)(F)F. The van der Waals surface area contributed by atoms with Crippen LogP contribution >= 0.6 is 0 Å². The third-order valence-electron chi connectivity index (χ3n) is 2.85. The fourth-order valence-electron chi connectivity index (χ4n) is 1.33. The number of alkyl halides is 9. The number of rotatable bonds is 8. The van der Waals surface area contributed by atoms with E-state index in [4.69, 9.17) is 0 Å². The number of halogens is 9. The van der Waals surface area contributed by atoms with Gasteiger partial charge in [0.2, 0.25) is 0 Å². The number of ether oxygens (including phenoxy) is 2. The molecule has 0 amide bonds. The third-order valence-corrected chi connectivity index (χ3v) is 2.85. The molecule has 0 bridgehead atoms. The van der Waals surface area contributed by atoms with Gasteiger partial charge in [-0.1, -0.05) is 13.5 Å². The molecule has 0 fully saturated rings. The molecule has 0 saturated heterocycles. The van der Waals surface area contributed by atoms with E-state index in [-0.39, 0.29) is 5.57 Å². The molecule has 0 aromatic rings. The number of esters is 2. The number of carbonyl (C=O) groups is 2. The smallest absolute Gasteiger partial charge is 0.454 e. The van der Waals surface area contributed by atoms with Crippen molar-refractivity contribution in [1.29, 1.82) is 0 Å². The molecule has 0 N–H and O–H groups in total. The summed E-state index contributed by atoms with van der Waals surface area (Å²) in [7, 11) is 0. The lowest BCUT2D eigenvalue weighted by Crippen LogP contribution is -2.55. The van der Waals surface area contributed by atoms with Crippen LogP contribution < -0.4 is 0 Å². The van der Waals surface area contributed by atoms with E-state index in [1.165, 1.54) is 0 Å². The fourth-order valence-corrected chi connectivity index (χ4v) is 1.33. The zero-order valence-corrected chi connectivity index (χ0v) is 13.2. The van der Waals surface area contributed by atoms with Crippen LogP contribution in [-0.4, -0.2) is 48.6 Å². The van der Waals surface area contributed by atoms with Gasteiger partial charge in [-0.3, -0.25) is 0 Å². The van der Waals surface area contributed by atoms with Gasteiger partial charge in [0.05, 0.1) is 0 Å². The molecule has 0 aromatic heterocycles. The Balaban J connectivity index is 5.24. The summed E-state index contributed by atoms with van der Waals surface area (Å²) in [5, 5.41) is 0. The van der Waals surface area contributed by atoms with E-state index in [1.54, 1.807) is 0 Å². The highest BCUT2D eigenvalue weighted by molar-refractivity contribution is 5.87. The molecule has 0 radical (unpaired) electrons. The molecule has 13 heteroatoms. The van der Waals surface area contributed by atoms with Crippen LogP contribution in [0.3, 0.4) is 0 Å². The standard InChI is InChI=1S/C13H13F9O4/c1-4-7(26-8(23)6(2)3)11(16,17)9(24)25-5-10(14,15)12(18,19)13(20,21)22/h7H,2,4-5H2,1,3H3. The van der Waals surface area contributed by atoms with Crippen molar-refractivity contribution in [3.8, 4) is 0 Å². The second-order valence-electron chi connectivity index (χ2n) is 5.06. The summed E-state index contributed by atoms with van der Waals surface area (Å²) in [4.78, 5) is 22.4. The lowest BCUT2D eigenvalue weighted by Gasteiger charge is -2.29. The van der Waals surface area contributed by atoms with Gasteiger partial charge in [0.1, 0.15) is 0 Å². The van der Waals surface area contributed by atoms with Gasteiger partial charge < -0.3 is 9.47 Å². The van der Waals surface area contributed by atoms with Gasteiger partial charge >= 0.3 is 35.9 Å². The summed E-state index contributed by atoms with van der Waals surface area (Å²) >= 11 is 0. The van der Waals surface area contributed by atoms with Gasteiger partial charge in [-0.25, -0.2) is 9.59 Å². The van der Waals surface area contributed by atoms with Crippen LogP contribution in [0.15, 0.2) is 12.2 Å². The first-order valence-corrected chi connectivity index (χ1v) is 6.65. The molecule has 0 saturated carbocycles. The minimum absolute atomic E-state index is 0.357. The molecule has 26 heavy (non-hydrogen) atoms. The second kappa shape index (κ2) is 7.74. The Morgan fingerprint density at radius 2 is 1.46 bits per heavy atom. The van der Waals surface area contributed by atoms with E-state index in [9.17, 15) is 49.1 Å². The number of hydrogen-bond donors (Lipinski definition) is 0.